The van der Waals surface area contributed by atoms with Crippen molar-refractivity contribution < 1.29 is 9.59 Å². The van der Waals surface area contributed by atoms with Crippen molar-refractivity contribution >= 4 is 17.6 Å². The van der Waals surface area contributed by atoms with Crippen LogP contribution in [-0.2, 0) is 6.54 Å². The first-order valence-corrected chi connectivity index (χ1v) is 6.46. The predicted octanol–water partition coefficient (Wildman–Crippen LogP) is 1.76. The van der Waals surface area contributed by atoms with E-state index in [9.17, 15) is 9.59 Å². The number of anilines is 1. The van der Waals surface area contributed by atoms with E-state index in [0.29, 0.717) is 17.8 Å². The van der Waals surface area contributed by atoms with E-state index in [1.165, 1.54) is 0 Å². The van der Waals surface area contributed by atoms with Gasteiger partial charge in [0.25, 0.3) is 5.91 Å². The van der Waals surface area contributed by atoms with Gasteiger partial charge >= 0.3 is 6.03 Å². The highest BCUT2D eigenvalue weighted by Crippen LogP contribution is 2.10. The maximum Gasteiger partial charge on any atom is 0.319 e. The number of carbonyl (C=O) groups excluding carboxylic acids is 2. The number of hydrogen-bond donors (Lipinski definition) is 3. The number of pyridine rings is 1. The van der Waals surface area contributed by atoms with Crippen LogP contribution in [0.2, 0.25) is 0 Å². The van der Waals surface area contributed by atoms with Crippen LogP contribution in [-0.4, -0.2) is 24.0 Å². The molecule has 0 aliphatic heterocycles. The van der Waals surface area contributed by atoms with Gasteiger partial charge in [0.05, 0.1) is 12.2 Å². The van der Waals surface area contributed by atoms with Crippen LogP contribution in [0.1, 0.15) is 16.1 Å². The van der Waals surface area contributed by atoms with Crippen molar-refractivity contribution in [3.63, 3.8) is 0 Å². The molecule has 6 nitrogen and oxygen atoms in total. The van der Waals surface area contributed by atoms with Gasteiger partial charge in [0, 0.05) is 24.5 Å². The molecule has 6 heteroatoms. The molecule has 1 heterocycles. The second-order valence-electron chi connectivity index (χ2n) is 4.29. The fraction of sp³-hybridized carbons (Fsp3) is 0.133. The normalized spacial score (nSPS) is 9.76. The summed E-state index contributed by atoms with van der Waals surface area (Å²) in [6.07, 6.45) is 1.67. The summed E-state index contributed by atoms with van der Waals surface area (Å²) in [7, 11) is 1.56. The third kappa shape index (κ3) is 4.31. The summed E-state index contributed by atoms with van der Waals surface area (Å²) in [5.41, 5.74) is 1.81. The van der Waals surface area contributed by atoms with Crippen LogP contribution in [0, 0.1) is 0 Å². The standard InChI is InChI=1S/C15H16N4O2/c1-16-14(20)11-5-4-7-12(9-11)19-15(21)18-10-13-6-2-3-8-17-13/h2-9H,10H2,1H3,(H,16,20)(H2,18,19,21). The number of benzene rings is 1. The van der Waals surface area contributed by atoms with Crippen molar-refractivity contribution in [2.75, 3.05) is 12.4 Å². The van der Waals surface area contributed by atoms with Gasteiger partial charge in [0.1, 0.15) is 0 Å². The van der Waals surface area contributed by atoms with Crippen molar-refractivity contribution in [3.05, 3.63) is 59.9 Å². The average Bonchev–Trinajstić information content (AvgIpc) is 2.53. The second kappa shape index (κ2) is 7.04. The minimum atomic E-state index is -0.352. The van der Waals surface area contributed by atoms with Gasteiger partial charge in [-0.2, -0.15) is 0 Å². The summed E-state index contributed by atoms with van der Waals surface area (Å²) in [6.45, 7) is 0.335. The van der Waals surface area contributed by atoms with Gasteiger partial charge in [-0.15, -0.1) is 0 Å². The van der Waals surface area contributed by atoms with E-state index in [1.807, 2.05) is 18.2 Å². The summed E-state index contributed by atoms with van der Waals surface area (Å²) >= 11 is 0. The molecule has 0 unspecified atom stereocenters. The molecule has 0 radical (unpaired) electrons. The Labute approximate surface area is 122 Å². The lowest BCUT2D eigenvalue weighted by Gasteiger charge is -2.08. The third-order valence-corrected chi connectivity index (χ3v) is 2.77. The van der Waals surface area contributed by atoms with E-state index in [1.54, 1.807) is 37.5 Å². The molecule has 0 fully saturated rings. The van der Waals surface area contributed by atoms with Crippen molar-refractivity contribution in [1.29, 1.82) is 0 Å². The molecular formula is C15H16N4O2. The van der Waals surface area contributed by atoms with Gasteiger partial charge in [-0.25, -0.2) is 4.79 Å². The molecule has 21 heavy (non-hydrogen) atoms. The summed E-state index contributed by atoms with van der Waals surface area (Å²) in [6, 6.07) is 11.9. The SMILES string of the molecule is CNC(=O)c1cccc(NC(=O)NCc2ccccn2)c1. The Morgan fingerprint density at radius 2 is 2.00 bits per heavy atom. The molecule has 0 saturated carbocycles. The molecule has 3 amide bonds. The van der Waals surface area contributed by atoms with Gasteiger partial charge in [-0.1, -0.05) is 12.1 Å². The Bertz CT molecular complexity index is 629. The first-order chi connectivity index (χ1) is 10.2. The third-order valence-electron chi connectivity index (χ3n) is 2.77. The van der Waals surface area contributed by atoms with E-state index < -0.39 is 0 Å². The number of hydrogen-bond acceptors (Lipinski definition) is 3. The van der Waals surface area contributed by atoms with Crippen molar-refractivity contribution in [2.24, 2.45) is 0 Å². The topological polar surface area (TPSA) is 83.1 Å². The van der Waals surface area contributed by atoms with Crippen LogP contribution >= 0.6 is 0 Å². The zero-order valence-electron chi connectivity index (χ0n) is 11.6. The van der Waals surface area contributed by atoms with E-state index >= 15 is 0 Å². The van der Waals surface area contributed by atoms with Gasteiger partial charge < -0.3 is 16.0 Å². The number of aromatic nitrogens is 1. The summed E-state index contributed by atoms with van der Waals surface area (Å²) in [4.78, 5) is 27.4. The number of amides is 3. The number of urea groups is 1. The van der Waals surface area contributed by atoms with E-state index in [2.05, 4.69) is 20.9 Å². The van der Waals surface area contributed by atoms with Crippen LogP contribution in [0.3, 0.4) is 0 Å². The average molecular weight is 284 g/mol. The molecule has 3 N–H and O–H groups in total. The molecule has 2 rings (SSSR count). The van der Waals surface area contributed by atoms with Crippen LogP contribution in [0.25, 0.3) is 0 Å². The maximum absolute atomic E-state index is 11.8. The van der Waals surface area contributed by atoms with Crippen LogP contribution in [0.4, 0.5) is 10.5 Å². The maximum atomic E-state index is 11.8. The van der Waals surface area contributed by atoms with Gasteiger partial charge in [0.15, 0.2) is 0 Å². The molecule has 0 aliphatic carbocycles. The Morgan fingerprint density at radius 3 is 2.71 bits per heavy atom. The lowest BCUT2D eigenvalue weighted by atomic mass is 10.2. The molecule has 0 atom stereocenters. The quantitative estimate of drug-likeness (QED) is 0.800. The summed E-state index contributed by atoms with van der Waals surface area (Å²) in [5, 5.41) is 7.90. The molecule has 0 spiro atoms. The number of rotatable bonds is 4. The fourth-order valence-corrected chi connectivity index (χ4v) is 1.73. The zero-order valence-corrected chi connectivity index (χ0v) is 11.6. The Kier molecular flexibility index (Phi) is 4.87. The van der Waals surface area contributed by atoms with Gasteiger partial charge in [0.2, 0.25) is 0 Å². The molecule has 108 valence electrons. The monoisotopic (exact) mass is 284 g/mol. The highest BCUT2D eigenvalue weighted by atomic mass is 16.2. The smallest absolute Gasteiger partial charge is 0.319 e. The molecule has 0 bridgehead atoms. The van der Waals surface area contributed by atoms with Crippen molar-refractivity contribution in [3.8, 4) is 0 Å². The zero-order chi connectivity index (χ0) is 15.1. The van der Waals surface area contributed by atoms with Crippen LogP contribution < -0.4 is 16.0 Å². The summed E-state index contributed by atoms with van der Waals surface area (Å²) in [5.74, 6) is -0.201. The van der Waals surface area contributed by atoms with Gasteiger partial charge in [-0.05, 0) is 30.3 Å². The lowest BCUT2D eigenvalue weighted by molar-refractivity contribution is 0.0963. The van der Waals surface area contributed by atoms with Crippen molar-refractivity contribution in [2.45, 2.75) is 6.54 Å². The molecule has 1 aromatic carbocycles. The molecule has 2 aromatic rings. The van der Waals surface area contributed by atoms with Gasteiger partial charge in [-0.3, -0.25) is 9.78 Å². The fourth-order valence-electron chi connectivity index (χ4n) is 1.73. The predicted molar refractivity (Wildman–Crippen MR) is 79.9 cm³/mol. The molecule has 0 aliphatic rings. The molecule has 1 aromatic heterocycles. The molecular weight excluding hydrogens is 268 g/mol. The van der Waals surface area contributed by atoms with Crippen LogP contribution in [0.5, 0.6) is 0 Å². The molecule has 0 saturated heterocycles. The summed E-state index contributed by atoms with van der Waals surface area (Å²) < 4.78 is 0. The van der Waals surface area contributed by atoms with Crippen molar-refractivity contribution in [1.82, 2.24) is 15.6 Å². The van der Waals surface area contributed by atoms with E-state index in [0.717, 1.165) is 5.69 Å². The minimum absolute atomic E-state index is 0.201. The number of nitrogens with zero attached hydrogens (tertiary/aromatic N) is 1. The largest absolute Gasteiger partial charge is 0.355 e. The first-order valence-electron chi connectivity index (χ1n) is 6.46. The number of carbonyl (C=O) groups is 2. The van der Waals surface area contributed by atoms with Crippen LogP contribution in [0.15, 0.2) is 48.7 Å². The highest BCUT2D eigenvalue weighted by molar-refractivity contribution is 5.96. The number of nitrogens with one attached hydrogen (secondary N) is 3. The highest BCUT2D eigenvalue weighted by Gasteiger charge is 2.06. The van der Waals surface area contributed by atoms with E-state index in [-0.39, 0.29) is 11.9 Å². The van der Waals surface area contributed by atoms with E-state index in [4.69, 9.17) is 0 Å². The Hall–Kier alpha value is -2.89. The Morgan fingerprint density at radius 1 is 1.14 bits per heavy atom. The first kappa shape index (κ1) is 14.5. The minimum Gasteiger partial charge on any atom is -0.355 e. The second-order valence-corrected chi connectivity index (χ2v) is 4.29. The Balaban J connectivity index is 1.92. The lowest BCUT2D eigenvalue weighted by Crippen LogP contribution is -2.28.